The van der Waals surface area contributed by atoms with Gasteiger partial charge in [-0.3, -0.25) is 4.79 Å². The Morgan fingerprint density at radius 2 is 1.78 bits per heavy atom. The highest BCUT2D eigenvalue weighted by Gasteiger charge is 2.09. The molecule has 0 radical (unpaired) electrons. The van der Waals surface area contributed by atoms with Crippen LogP contribution in [0.3, 0.4) is 0 Å². The highest BCUT2D eigenvalue weighted by atomic mass is 16.1. The first-order valence-electron chi connectivity index (χ1n) is 8.70. The highest BCUT2D eigenvalue weighted by Crippen LogP contribution is 2.26. The summed E-state index contributed by atoms with van der Waals surface area (Å²) in [7, 11) is 0. The standard InChI is InChI=1S/C22H20N4O/c1-15(2)19-5-3-4-6-20(19)26-21-12-9-17(14-24-21)22(27)25-18-10-7-16(13-23)8-11-18/h3-12,14-15H,1-2H3,(H,24,26)(H,25,27). The maximum atomic E-state index is 12.3. The van der Waals surface area contributed by atoms with E-state index < -0.39 is 0 Å². The van der Waals surface area contributed by atoms with Crippen LogP contribution in [0.25, 0.3) is 0 Å². The predicted molar refractivity (Wildman–Crippen MR) is 107 cm³/mol. The van der Waals surface area contributed by atoms with Crippen LogP contribution in [0.2, 0.25) is 0 Å². The van der Waals surface area contributed by atoms with Gasteiger partial charge in [0.1, 0.15) is 5.82 Å². The number of carbonyl (C=O) groups excluding carboxylic acids is 1. The number of nitrogens with one attached hydrogen (secondary N) is 2. The van der Waals surface area contributed by atoms with Crippen LogP contribution < -0.4 is 10.6 Å². The lowest BCUT2D eigenvalue weighted by atomic mass is 10.0. The molecule has 0 spiro atoms. The number of nitrogens with zero attached hydrogens (tertiary/aromatic N) is 2. The predicted octanol–water partition coefficient (Wildman–Crippen LogP) is 5.07. The summed E-state index contributed by atoms with van der Waals surface area (Å²) in [6.07, 6.45) is 1.54. The van der Waals surface area contributed by atoms with Gasteiger partial charge in [0.2, 0.25) is 0 Å². The second-order valence-electron chi connectivity index (χ2n) is 6.44. The summed E-state index contributed by atoms with van der Waals surface area (Å²) in [6.45, 7) is 4.29. The van der Waals surface area contributed by atoms with E-state index in [9.17, 15) is 4.79 Å². The summed E-state index contributed by atoms with van der Waals surface area (Å²) < 4.78 is 0. The summed E-state index contributed by atoms with van der Waals surface area (Å²) in [5.41, 5.74) is 3.86. The Balaban J connectivity index is 1.69. The Morgan fingerprint density at radius 1 is 1.04 bits per heavy atom. The monoisotopic (exact) mass is 356 g/mol. The summed E-state index contributed by atoms with van der Waals surface area (Å²) >= 11 is 0. The van der Waals surface area contributed by atoms with E-state index in [4.69, 9.17) is 5.26 Å². The first kappa shape index (κ1) is 18.2. The van der Waals surface area contributed by atoms with Crippen LogP contribution in [-0.2, 0) is 0 Å². The normalized spacial score (nSPS) is 10.3. The average Bonchev–Trinajstić information content (AvgIpc) is 2.69. The minimum absolute atomic E-state index is 0.249. The molecule has 0 bridgehead atoms. The molecule has 1 heterocycles. The molecule has 3 rings (SSSR count). The number of nitriles is 1. The van der Waals surface area contributed by atoms with Crippen molar-refractivity contribution in [3.8, 4) is 6.07 Å². The van der Waals surface area contributed by atoms with E-state index >= 15 is 0 Å². The molecule has 1 amide bonds. The molecular weight excluding hydrogens is 336 g/mol. The number of carbonyl (C=O) groups is 1. The number of pyridine rings is 1. The molecule has 0 saturated heterocycles. The van der Waals surface area contributed by atoms with E-state index in [0.717, 1.165) is 5.69 Å². The fourth-order valence-electron chi connectivity index (χ4n) is 2.69. The van der Waals surface area contributed by atoms with Gasteiger partial charge in [-0.2, -0.15) is 5.26 Å². The molecule has 2 aromatic carbocycles. The zero-order valence-electron chi connectivity index (χ0n) is 15.2. The molecular formula is C22H20N4O. The van der Waals surface area contributed by atoms with E-state index in [2.05, 4.69) is 35.5 Å². The largest absolute Gasteiger partial charge is 0.340 e. The molecule has 0 aliphatic carbocycles. The first-order valence-corrected chi connectivity index (χ1v) is 8.70. The number of anilines is 3. The fourth-order valence-corrected chi connectivity index (χ4v) is 2.69. The Hall–Kier alpha value is -3.65. The third kappa shape index (κ3) is 4.50. The zero-order chi connectivity index (χ0) is 19.2. The highest BCUT2D eigenvalue weighted by molar-refractivity contribution is 6.04. The van der Waals surface area contributed by atoms with Gasteiger partial charge < -0.3 is 10.6 Å². The van der Waals surface area contributed by atoms with E-state index in [0.29, 0.717) is 28.6 Å². The number of benzene rings is 2. The quantitative estimate of drug-likeness (QED) is 0.669. The van der Waals surface area contributed by atoms with Crippen LogP contribution in [0.1, 0.15) is 41.3 Å². The molecule has 0 saturated carbocycles. The lowest BCUT2D eigenvalue weighted by Gasteiger charge is -2.14. The smallest absolute Gasteiger partial charge is 0.257 e. The Bertz CT molecular complexity index is 970. The first-order chi connectivity index (χ1) is 13.1. The van der Waals surface area contributed by atoms with Crippen LogP contribution in [-0.4, -0.2) is 10.9 Å². The topological polar surface area (TPSA) is 77.8 Å². The van der Waals surface area contributed by atoms with Crippen LogP contribution in [0.4, 0.5) is 17.2 Å². The van der Waals surface area contributed by atoms with Gasteiger partial charge in [-0.25, -0.2) is 4.98 Å². The van der Waals surface area contributed by atoms with Crippen molar-refractivity contribution < 1.29 is 4.79 Å². The molecule has 0 aliphatic heterocycles. The number of rotatable bonds is 5. The molecule has 27 heavy (non-hydrogen) atoms. The third-order valence-corrected chi connectivity index (χ3v) is 4.14. The number of hydrogen-bond acceptors (Lipinski definition) is 4. The van der Waals surface area contributed by atoms with E-state index in [1.807, 2.05) is 24.3 Å². The van der Waals surface area contributed by atoms with Crippen molar-refractivity contribution in [1.82, 2.24) is 4.98 Å². The maximum Gasteiger partial charge on any atom is 0.257 e. The molecule has 0 aliphatic rings. The third-order valence-electron chi connectivity index (χ3n) is 4.14. The minimum atomic E-state index is -0.249. The van der Waals surface area contributed by atoms with Gasteiger partial charge in [0.25, 0.3) is 5.91 Å². The van der Waals surface area contributed by atoms with Crippen molar-refractivity contribution in [2.24, 2.45) is 0 Å². The van der Waals surface area contributed by atoms with Crippen molar-refractivity contribution in [1.29, 1.82) is 5.26 Å². The van der Waals surface area contributed by atoms with E-state index in [1.54, 1.807) is 42.6 Å². The molecule has 0 fully saturated rings. The second-order valence-corrected chi connectivity index (χ2v) is 6.44. The van der Waals surface area contributed by atoms with Gasteiger partial charge in [-0.15, -0.1) is 0 Å². The van der Waals surface area contributed by atoms with Gasteiger partial charge in [0, 0.05) is 17.6 Å². The Morgan fingerprint density at radius 3 is 2.41 bits per heavy atom. The minimum Gasteiger partial charge on any atom is -0.340 e. The maximum absolute atomic E-state index is 12.3. The fraction of sp³-hybridized carbons (Fsp3) is 0.136. The number of para-hydroxylation sites is 1. The molecule has 5 nitrogen and oxygen atoms in total. The molecule has 0 unspecified atom stereocenters. The van der Waals surface area contributed by atoms with Gasteiger partial charge in [-0.05, 0) is 53.9 Å². The molecule has 2 N–H and O–H groups in total. The van der Waals surface area contributed by atoms with Gasteiger partial charge in [-0.1, -0.05) is 32.0 Å². The van der Waals surface area contributed by atoms with Crippen LogP contribution in [0, 0.1) is 11.3 Å². The van der Waals surface area contributed by atoms with Gasteiger partial charge in [0.05, 0.1) is 17.2 Å². The zero-order valence-corrected chi connectivity index (χ0v) is 15.2. The van der Waals surface area contributed by atoms with Crippen molar-refractivity contribution in [2.75, 3.05) is 10.6 Å². The summed E-state index contributed by atoms with van der Waals surface area (Å²) in [5.74, 6) is 0.825. The molecule has 5 heteroatoms. The molecule has 134 valence electrons. The molecule has 0 atom stereocenters. The van der Waals surface area contributed by atoms with E-state index in [1.165, 1.54) is 5.56 Å². The Labute approximate surface area is 158 Å². The molecule has 1 aromatic heterocycles. The number of amides is 1. The van der Waals surface area contributed by atoms with Crippen molar-refractivity contribution in [2.45, 2.75) is 19.8 Å². The second kappa shape index (κ2) is 8.15. The van der Waals surface area contributed by atoms with E-state index in [-0.39, 0.29) is 5.91 Å². The van der Waals surface area contributed by atoms with Gasteiger partial charge in [0.15, 0.2) is 0 Å². The lowest BCUT2D eigenvalue weighted by Crippen LogP contribution is -2.12. The number of aromatic nitrogens is 1. The summed E-state index contributed by atoms with van der Waals surface area (Å²) in [5, 5.41) is 14.9. The van der Waals surface area contributed by atoms with Crippen LogP contribution >= 0.6 is 0 Å². The lowest BCUT2D eigenvalue weighted by molar-refractivity contribution is 0.102. The average molecular weight is 356 g/mol. The molecule has 3 aromatic rings. The van der Waals surface area contributed by atoms with Gasteiger partial charge >= 0.3 is 0 Å². The number of hydrogen-bond donors (Lipinski definition) is 2. The van der Waals surface area contributed by atoms with Crippen molar-refractivity contribution in [3.63, 3.8) is 0 Å². The van der Waals surface area contributed by atoms with Crippen LogP contribution in [0.15, 0.2) is 66.9 Å². The van der Waals surface area contributed by atoms with Crippen molar-refractivity contribution in [3.05, 3.63) is 83.6 Å². The van der Waals surface area contributed by atoms with Crippen LogP contribution in [0.5, 0.6) is 0 Å². The Kier molecular flexibility index (Phi) is 5.48. The summed E-state index contributed by atoms with van der Waals surface area (Å²) in [6, 6.07) is 20.4. The summed E-state index contributed by atoms with van der Waals surface area (Å²) in [4.78, 5) is 16.7. The van der Waals surface area contributed by atoms with Crippen molar-refractivity contribution >= 4 is 23.1 Å². The SMILES string of the molecule is CC(C)c1ccccc1Nc1ccc(C(=O)Nc2ccc(C#N)cc2)cn1.